The van der Waals surface area contributed by atoms with E-state index in [1.54, 1.807) is 17.5 Å². The molecule has 15 heavy (non-hydrogen) atoms. The first kappa shape index (κ1) is 9.58. The van der Waals surface area contributed by atoms with Crippen LogP contribution in [0.4, 0.5) is 0 Å². The minimum atomic E-state index is 0.588. The second-order valence-electron chi connectivity index (χ2n) is 3.22. The Morgan fingerprint density at radius 3 is 2.93 bits per heavy atom. The van der Waals surface area contributed by atoms with Crippen LogP contribution in [-0.2, 0) is 0 Å². The fourth-order valence-corrected chi connectivity index (χ4v) is 3.34. The lowest BCUT2D eigenvalue weighted by Gasteiger charge is -1.92. The quantitative estimate of drug-likeness (QED) is 0.540. The predicted molar refractivity (Wildman–Crippen MR) is 69.8 cm³/mol. The van der Waals surface area contributed by atoms with E-state index in [1.165, 1.54) is 15.5 Å². The van der Waals surface area contributed by atoms with Crippen molar-refractivity contribution in [1.29, 1.82) is 0 Å². The van der Waals surface area contributed by atoms with Crippen molar-refractivity contribution in [1.82, 2.24) is 4.98 Å². The maximum atomic E-state index is 6.06. The number of hydrogen-bond acceptors (Lipinski definition) is 2. The lowest BCUT2D eigenvalue weighted by Crippen LogP contribution is -1.72. The van der Waals surface area contributed by atoms with Gasteiger partial charge in [0.1, 0.15) is 5.15 Å². The Morgan fingerprint density at radius 2 is 2.07 bits per heavy atom. The second-order valence-corrected chi connectivity index (χ2v) is 5.55. The molecule has 3 aromatic rings. The number of rotatable bonds is 0. The number of nitrogens with zero attached hydrogens (tertiary/aromatic N) is 1. The summed E-state index contributed by atoms with van der Waals surface area (Å²) in [6.45, 7) is 0. The van der Waals surface area contributed by atoms with Gasteiger partial charge in [0.05, 0.1) is 4.70 Å². The van der Waals surface area contributed by atoms with Gasteiger partial charge in [-0.2, -0.15) is 0 Å². The van der Waals surface area contributed by atoms with Crippen molar-refractivity contribution in [3.8, 4) is 0 Å². The average molecular weight is 299 g/mol. The van der Waals surface area contributed by atoms with Crippen LogP contribution in [0.2, 0.25) is 5.15 Å². The largest absolute Gasteiger partial charge is 0.243 e. The maximum absolute atomic E-state index is 6.06. The number of hydrogen-bond donors (Lipinski definition) is 0. The Labute approximate surface area is 104 Å². The lowest BCUT2D eigenvalue weighted by atomic mass is 10.2. The van der Waals surface area contributed by atoms with Gasteiger partial charge in [-0.25, -0.2) is 4.98 Å². The Morgan fingerprint density at radius 1 is 1.20 bits per heavy atom. The van der Waals surface area contributed by atoms with Crippen LogP contribution in [0.5, 0.6) is 0 Å². The molecule has 1 aromatic carbocycles. The van der Waals surface area contributed by atoms with Gasteiger partial charge in [0.15, 0.2) is 0 Å². The Balaban J connectivity index is 2.58. The highest BCUT2D eigenvalue weighted by molar-refractivity contribution is 9.10. The molecule has 0 unspecified atom stereocenters. The van der Waals surface area contributed by atoms with E-state index in [9.17, 15) is 0 Å². The van der Waals surface area contributed by atoms with Crippen molar-refractivity contribution in [2.24, 2.45) is 0 Å². The van der Waals surface area contributed by atoms with E-state index in [2.05, 4.69) is 33.0 Å². The summed E-state index contributed by atoms with van der Waals surface area (Å²) >= 11 is 11.2. The highest BCUT2D eigenvalue weighted by Crippen LogP contribution is 2.37. The van der Waals surface area contributed by atoms with Gasteiger partial charge in [0, 0.05) is 26.1 Å². The second kappa shape index (κ2) is 3.44. The molecule has 4 heteroatoms. The summed E-state index contributed by atoms with van der Waals surface area (Å²) in [5.74, 6) is 0. The number of fused-ring (bicyclic) bond motifs is 3. The van der Waals surface area contributed by atoms with Crippen molar-refractivity contribution >= 4 is 59.0 Å². The molecule has 0 aliphatic rings. The number of aromatic nitrogens is 1. The molecule has 0 atom stereocenters. The standard InChI is InChI=1S/C11H5BrClNS/c12-6-1-2-9-8(5-6)7-3-4-14-11(13)10(7)15-9/h1-5H. The van der Waals surface area contributed by atoms with Gasteiger partial charge in [-0.05, 0) is 24.3 Å². The van der Waals surface area contributed by atoms with Crippen LogP contribution in [0.1, 0.15) is 0 Å². The van der Waals surface area contributed by atoms with Crippen molar-refractivity contribution in [2.45, 2.75) is 0 Å². The van der Waals surface area contributed by atoms with Crippen LogP contribution in [0.15, 0.2) is 34.9 Å². The molecule has 0 spiro atoms. The molecule has 74 valence electrons. The third-order valence-electron chi connectivity index (χ3n) is 2.30. The first-order valence-corrected chi connectivity index (χ1v) is 6.37. The van der Waals surface area contributed by atoms with E-state index in [0.29, 0.717) is 5.15 Å². The normalized spacial score (nSPS) is 11.3. The molecule has 2 heterocycles. The van der Waals surface area contributed by atoms with Gasteiger partial charge in [0.25, 0.3) is 0 Å². The summed E-state index contributed by atoms with van der Waals surface area (Å²) in [4.78, 5) is 4.09. The molecule has 2 aromatic heterocycles. The molecule has 0 N–H and O–H groups in total. The molecule has 0 amide bonds. The van der Waals surface area contributed by atoms with Crippen LogP contribution in [0, 0.1) is 0 Å². The van der Waals surface area contributed by atoms with Crippen LogP contribution >= 0.6 is 38.9 Å². The van der Waals surface area contributed by atoms with E-state index in [-0.39, 0.29) is 0 Å². The molecule has 0 aliphatic carbocycles. The van der Waals surface area contributed by atoms with E-state index >= 15 is 0 Å². The lowest BCUT2D eigenvalue weighted by molar-refractivity contribution is 1.37. The third-order valence-corrected chi connectivity index (χ3v) is 4.39. The van der Waals surface area contributed by atoms with Gasteiger partial charge in [-0.15, -0.1) is 11.3 Å². The highest BCUT2D eigenvalue weighted by Gasteiger charge is 2.08. The minimum absolute atomic E-state index is 0.588. The smallest absolute Gasteiger partial charge is 0.146 e. The molecule has 0 saturated carbocycles. The van der Waals surface area contributed by atoms with Gasteiger partial charge >= 0.3 is 0 Å². The van der Waals surface area contributed by atoms with Gasteiger partial charge < -0.3 is 0 Å². The van der Waals surface area contributed by atoms with E-state index < -0.39 is 0 Å². The molecule has 0 radical (unpaired) electrons. The summed E-state index contributed by atoms with van der Waals surface area (Å²) in [5.41, 5.74) is 0. The highest BCUT2D eigenvalue weighted by atomic mass is 79.9. The van der Waals surface area contributed by atoms with Crippen LogP contribution in [0.3, 0.4) is 0 Å². The molecule has 0 bridgehead atoms. The van der Waals surface area contributed by atoms with Crippen molar-refractivity contribution < 1.29 is 0 Å². The summed E-state index contributed by atoms with van der Waals surface area (Å²) < 4.78 is 3.39. The first-order valence-electron chi connectivity index (χ1n) is 4.38. The SMILES string of the molecule is Clc1nccc2c1sc1ccc(Br)cc12. The zero-order valence-corrected chi connectivity index (χ0v) is 10.7. The fraction of sp³-hybridized carbons (Fsp3) is 0. The molecule has 1 nitrogen and oxygen atoms in total. The number of thiophene rings is 1. The van der Waals surface area contributed by atoms with Crippen molar-refractivity contribution in [3.63, 3.8) is 0 Å². The van der Waals surface area contributed by atoms with Crippen molar-refractivity contribution in [3.05, 3.63) is 40.1 Å². The monoisotopic (exact) mass is 297 g/mol. The summed E-state index contributed by atoms with van der Waals surface area (Å²) in [6, 6.07) is 8.26. The number of benzene rings is 1. The molecule has 0 saturated heterocycles. The zero-order valence-electron chi connectivity index (χ0n) is 7.50. The van der Waals surface area contributed by atoms with Crippen LogP contribution < -0.4 is 0 Å². The topological polar surface area (TPSA) is 12.9 Å². The Hall–Kier alpha value is -0.640. The molecular weight excluding hydrogens is 294 g/mol. The van der Waals surface area contributed by atoms with Gasteiger partial charge in [0.2, 0.25) is 0 Å². The molecule has 3 rings (SSSR count). The maximum Gasteiger partial charge on any atom is 0.146 e. The van der Waals surface area contributed by atoms with Gasteiger partial charge in [-0.1, -0.05) is 27.5 Å². The number of pyridine rings is 1. The Kier molecular flexibility index (Phi) is 2.20. The predicted octanol–water partition coefficient (Wildman–Crippen LogP) is 4.87. The van der Waals surface area contributed by atoms with Crippen molar-refractivity contribution in [2.75, 3.05) is 0 Å². The zero-order chi connectivity index (χ0) is 10.4. The summed E-state index contributed by atoms with van der Waals surface area (Å²) in [6.07, 6.45) is 1.75. The first-order chi connectivity index (χ1) is 7.25. The number of halogens is 2. The van der Waals surface area contributed by atoms with E-state index in [4.69, 9.17) is 11.6 Å². The minimum Gasteiger partial charge on any atom is -0.243 e. The van der Waals surface area contributed by atoms with E-state index in [0.717, 1.165) is 9.17 Å². The molecule has 0 fully saturated rings. The summed E-state index contributed by atoms with van der Waals surface area (Å²) in [5, 5.41) is 3.00. The van der Waals surface area contributed by atoms with Gasteiger partial charge in [-0.3, -0.25) is 0 Å². The van der Waals surface area contributed by atoms with E-state index in [1.807, 2.05) is 12.1 Å². The van der Waals surface area contributed by atoms with Crippen LogP contribution in [-0.4, -0.2) is 4.98 Å². The molecule has 0 aliphatic heterocycles. The molecular formula is C11H5BrClNS. The fourth-order valence-electron chi connectivity index (χ4n) is 1.64. The average Bonchev–Trinajstić information content (AvgIpc) is 2.58. The Bertz CT molecular complexity index is 662. The third kappa shape index (κ3) is 1.46. The van der Waals surface area contributed by atoms with Crippen LogP contribution in [0.25, 0.3) is 20.2 Å². The summed E-state index contributed by atoms with van der Waals surface area (Å²) in [7, 11) is 0.